The van der Waals surface area contributed by atoms with Gasteiger partial charge in [-0.2, -0.15) is 0 Å². The number of carbonyl (C=O) groups excluding carboxylic acids is 1. The molecule has 1 aromatic carbocycles. The lowest BCUT2D eigenvalue weighted by atomic mass is 10.0. The highest BCUT2D eigenvalue weighted by molar-refractivity contribution is 9.10. The standard InChI is InChI=1S/C13H17BrN2O/c1-9(10-4-2-3-5-11(10)14)16-12(17)13(8-15)6-7-13/h2-5,9H,6-8,15H2,1H3,(H,16,17). The Morgan fingerprint density at radius 3 is 2.71 bits per heavy atom. The number of benzene rings is 1. The van der Waals surface area contributed by atoms with Crippen molar-refractivity contribution in [2.45, 2.75) is 25.8 Å². The van der Waals surface area contributed by atoms with Crippen LogP contribution in [-0.2, 0) is 4.79 Å². The van der Waals surface area contributed by atoms with Gasteiger partial charge in [0.1, 0.15) is 0 Å². The number of hydrogen-bond donors (Lipinski definition) is 2. The van der Waals surface area contributed by atoms with Crippen molar-refractivity contribution in [3.05, 3.63) is 34.3 Å². The maximum atomic E-state index is 12.0. The Morgan fingerprint density at radius 2 is 2.18 bits per heavy atom. The molecule has 1 aliphatic carbocycles. The third-order valence-electron chi connectivity index (χ3n) is 3.45. The molecule has 0 saturated heterocycles. The van der Waals surface area contributed by atoms with E-state index in [9.17, 15) is 4.79 Å². The van der Waals surface area contributed by atoms with E-state index in [1.54, 1.807) is 0 Å². The van der Waals surface area contributed by atoms with Crippen molar-refractivity contribution in [2.24, 2.45) is 11.1 Å². The molecule has 0 spiro atoms. The summed E-state index contributed by atoms with van der Waals surface area (Å²) in [5.41, 5.74) is 6.45. The maximum Gasteiger partial charge on any atom is 0.227 e. The predicted molar refractivity (Wildman–Crippen MR) is 71.4 cm³/mol. The predicted octanol–water partition coefficient (Wildman–Crippen LogP) is 2.37. The first-order valence-electron chi connectivity index (χ1n) is 5.84. The van der Waals surface area contributed by atoms with Gasteiger partial charge in [-0.25, -0.2) is 0 Å². The molecule has 3 N–H and O–H groups in total. The lowest BCUT2D eigenvalue weighted by Gasteiger charge is -2.19. The third-order valence-corrected chi connectivity index (χ3v) is 4.17. The first-order valence-corrected chi connectivity index (χ1v) is 6.64. The van der Waals surface area contributed by atoms with Crippen molar-refractivity contribution in [3.63, 3.8) is 0 Å². The molecule has 1 aromatic rings. The number of rotatable bonds is 4. The zero-order valence-electron chi connectivity index (χ0n) is 9.87. The molecule has 0 aliphatic heterocycles. The van der Waals surface area contributed by atoms with Crippen molar-refractivity contribution in [1.29, 1.82) is 0 Å². The van der Waals surface area contributed by atoms with Crippen LogP contribution in [0, 0.1) is 5.41 Å². The summed E-state index contributed by atoms with van der Waals surface area (Å²) in [4.78, 5) is 12.0. The summed E-state index contributed by atoms with van der Waals surface area (Å²) in [6.45, 7) is 2.44. The van der Waals surface area contributed by atoms with E-state index in [1.807, 2.05) is 31.2 Å². The summed E-state index contributed by atoms with van der Waals surface area (Å²) in [6, 6.07) is 7.93. The molecule has 17 heavy (non-hydrogen) atoms. The second-order valence-electron chi connectivity index (χ2n) is 4.70. The van der Waals surface area contributed by atoms with E-state index < -0.39 is 0 Å². The molecule has 0 aromatic heterocycles. The van der Waals surface area contributed by atoms with Crippen molar-refractivity contribution in [2.75, 3.05) is 6.54 Å². The van der Waals surface area contributed by atoms with Gasteiger partial charge in [0.25, 0.3) is 0 Å². The molecule has 1 unspecified atom stereocenters. The highest BCUT2D eigenvalue weighted by Gasteiger charge is 2.48. The maximum absolute atomic E-state index is 12.0. The van der Waals surface area contributed by atoms with Gasteiger partial charge in [-0.3, -0.25) is 4.79 Å². The van der Waals surface area contributed by atoms with Gasteiger partial charge in [-0.1, -0.05) is 34.1 Å². The molecule has 0 radical (unpaired) electrons. The van der Waals surface area contributed by atoms with Crippen LogP contribution in [0.3, 0.4) is 0 Å². The fraction of sp³-hybridized carbons (Fsp3) is 0.462. The summed E-state index contributed by atoms with van der Waals surface area (Å²) in [7, 11) is 0. The van der Waals surface area contributed by atoms with Crippen LogP contribution in [-0.4, -0.2) is 12.5 Å². The second kappa shape index (κ2) is 4.78. The van der Waals surface area contributed by atoms with E-state index in [0.29, 0.717) is 6.54 Å². The van der Waals surface area contributed by atoms with Crippen LogP contribution in [0.5, 0.6) is 0 Å². The Bertz CT molecular complexity index is 429. The quantitative estimate of drug-likeness (QED) is 0.896. The molecular weight excluding hydrogens is 280 g/mol. The lowest BCUT2D eigenvalue weighted by molar-refractivity contribution is -0.126. The molecule has 1 atom stereocenters. The summed E-state index contributed by atoms with van der Waals surface area (Å²) in [6.07, 6.45) is 1.83. The molecule has 3 nitrogen and oxygen atoms in total. The van der Waals surface area contributed by atoms with E-state index in [1.165, 1.54) is 0 Å². The van der Waals surface area contributed by atoms with Gasteiger partial charge in [0, 0.05) is 11.0 Å². The Morgan fingerprint density at radius 1 is 1.53 bits per heavy atom. The lowest BCUT2D eigenvalue weighted by Crippen LogP contribution is -2.38. The summed E-state index contributed by atoms with van der Waals surface area (Å²) >= 11 is 3.49. The molecule has 1 saturated carbocycles. The molecule has 0 heterocycles. The van der Waals surface area contributed by atoms with Crippen molar-refractivity contribution >= 4 is 21.8 Å². The number of amides is 1. The zero-order chi connectivity index (χ0) is 12.5. The Kier molecular flexibility index (Phi) is 3.54. The minimum atomic E-state index is -0.282. The fourth-order valence-corrected chi connectivity index (χ4v) is 2.56. The largest absolute Gasteiger partial charge is 0.349 e. The van der Waals surface area contributed by atoms with Crippen LogP contribution in [0.1, 0.15) is 31.4 Å². The topological polar surface area (TPSA) is 55.1 Å². The molecule has 2 rings (SSSR count). The fourth-order valence-electron chi connectivity index (χ4n) is 1.93. The van der Waals surface area contributed by atoms with Gasteiger partial charge in [-0.15, -0.1) is 0 Å². The number of hydrogen-bond acceptors (Lipinski definition) is 2. The van der Waals surface area contributed by atoms with Gasteiger partial charge in [0.2, 0.25) is 5.91 Å². The number of nitrogens with two attached hydrogens (primary N) is 1. The highest BCUT2D eigenvalue weighted by Crippen LogP contribution is 2.45. The first-order chi connectivity index (χ1) is 8.09. The van der Waals surface area contributed by atoms with Crippen LogP contribution in [0.15, 0.2) is 28.7 Å². The normalized spacial score (nSPS) is 18.5. The van der Waals surface area contributed by atoms with Crippen LogP contribution >= 0.6 is 15.9 Å². The monoisotopic (exact) mass is 296 g/mol. The number of halogens is 1. The van der Waals surface area contributed by atoms with Crippen LogP contribution in [0.25, 0.3) is 0 Å². The van der Waals surface area contributed by atoms with Crippen molar-refractivity contribution in [1.82, 2.24) is 5.32 Å². The summed E-state index contributed by atoms with van der Waals surface area (Å²) < 4.78 is 1.02. The van der Waals surface area contributed by atoms with E-state index in [4.69, 9.17) is 5.73 Å². The van der Waals surface area contributed by atoms with Crippen molar-refractivity contribution in [3.8, 4) is 0 Å². The van der Waals surface area contributed by atoms with Crippen LogP contribution in [0.4, 0.5) is 0 Å². The molecule has 1 aliphatic rings. The van der Waals surface area contributed by atoms with Gasteiger partial charge in [0.05, 0.1) is 11.5 Å². The Hall–Kier alpha value is -0.870. The van der Waals surface area contributed by atoms with E-state index in [2.05, 4.69) is 21.2 Å². The average molecular weight is 297 g/mol. The Balaban J connectivity index is 2.05. The first kappa shape index (κ1) is 12.6. The van der Waals surface area contributed by atoms with Gasteiger partial charge < -0.3 is 11.1 Å². The molecule has 0 bridgehead atoms. The smallest absolute Gasteiger partial charge is 0.227 e. The minimum Gasteiger partial charge on any atom is -0.349 e. The van der Waals surface area contributed by atoms with Gasteiger partial charge in [0.15, 0.2) is 0 Å². The van der Waals surface area contributed by atoms with Crippen LogP contribution < -0.4 is 11.1 Å². The third kappa shape index (κ3) is 2.53. The molecule has 92 valence electrons. The number of carbonyl (C=O) groups is 1. The van der Waals surface area contributed by atoms with E-state index in [-0.39, 0.29) is 17.4 Å². The molecule has 1 fully saturated rings. The molecular formula is C13H17BrN2O. The van der Waals surface area contributed by atoms with E-state index >= 15 is 0 Å². The zero-order valence-corrected chi connectivity index (χ0v) is 11.5. The average Bonchev–Trinajstić information content (AvgIpc) is 3.10. The van der Waals surface area contributed by atoms with Crippen molar-refractivity contribution < 1.29 is 4.79 Å². The second-order valence-corrected chi connectivity index (χ2v) is 5.56. The Labute approximate surface area is 110 Å². The van der Waals surface area contributed by atoms with Crippen LogP contribution in [0.2, 0.25) is 0 Å². The molecule has 1 amide bonds. The van der Waals surface area contributed by atoms with Gasteiger partial charge in [-0.05, 0) is 31.4 Å². The number of nitrogens with one attached hydrogen (secondary N) is 1. The molecule has 4 heteroatoms. The van der Waals surface area contributed by atoms with E-state index in [0.717, 1.165) is 22.9 Å². The summed E-state index contributed by atoms with van der Waals surface area (Å²) in [5.74, 6) is 0.0863. The summed E-state index contributed by atoms with van der Waals surface area (Å²) in [5, 5.41) is 3.04. The highest BCUT2D eigenvalue weighted by atomic mass is 79.9. The SMILES string of the molecule is CC(NC(=O)C1(CN)CC1)c1ccccc1Br. The minimum absolute atomic E-state index is 0.00194. The van der Waals surface area contributed by atoms with Gasteiger partial charge >= 0.3 is 0 Å².